The molecule has 134 valence electrons. The second-order valence-electron chi connectivity index (χ2n) is 6.11. The lowest BCUT2D eigenvalue weighted by Crippen LogP contribution is -2.41. The molecule has 0 heterocycles. The zero-order valence-corrected chi connectivity index (χ0v) is 14.6. The molecule has 0 aliphatic rings. The zero-order chi connectivity index (χ0) is 18.2. The summed E-state index contributed by atoms with van der Waals surface area (Å²) in [6, 6.07) is 6.10. The molecule has 8 heteroatoms. The van der Waals surface area contributed by atoms with Gasteiger partial charge in [0.05, 0.1) is 25.4 Å². The summed E-state index contributed by atoms with van der Waals surface area (Å²) < 4.78 is 10.2. The Morgan fingerprint density at radius 1 is 1.21 bits per heavy atom. The zero-order valence-electron chi connectivity index (χ0n) is 14.6. The molecule has 24 heavy (non-hydrogen) atoms. The minimum atomic E-state index is -0.572. The molecule has 1 rings (SSSR count). The topological polar surface area (TPSA) is 97.9 Å². The molecule has 0 aliphatic heterocycles. The Morgan fingerprint density at radius 2 is 1.88 bits per heavy atom. The highest BCUT2D eigenvalue weighted by molar-refractivity contribution is 5.90. The first-order valence-electron chi connectivity index (χ1n) is 7.52. The molecule has 1 atom stereocenters. The van der Waals surface area contributed by atoms with E-state index in [1.165, 1.54) is 7.11 Å². The Bertz CT molecular complexity index is 557. The number of para-hydroxylation sites is 2. The van der Waals surface area contributed by atoms with E-state index in [1.54, 1.807) is 52.0 Å². The Labute approximate surface area is 141 Å². The number of carbonyl (C=O) groups excluding carboxylic acids is 2. The van der Waals surface area contributed by atoms with Crippen LogP contribution in [-0.2, 0) is 9.57 Å². The van der Waals surface area contributed by atoms with Crippen molar-refractivity contribution in [3.63, 3.8) is 0 Å². The summed E-state index contributed by atoms with van der Waals surface area (Å²) in [4.78, 5) is 28.4. The highest BCUT2D eigenvalue weighted by atomic mass is 16.7. The summed E-state index contributed by atoms with van der Waals surface area (Å²) in [5.74, 6) is 0.535. The van der Waals surface area contributed by atoms with Gasteiger partial charge in [-0.2, -0.15) is 0 Å². The van der Waals surface area contributed by atoms with Gasteiger partial charge in [-0.3, -0.25) is 4.84 Å². The Kier molecular flexibility index (Phi) is 7.31. The van der Waals surface area contributed by atoms with Crippen LogP contribution in [0.2, 0.25) is 0 Å². The molecule has 0 aromatic heterocycles. The Balaban J connectivity index is 2.31. The molecule has 1 aromatic rings. The van der Waals surface area contributed by atoms with Crippen molar-refractivity contribution in [3.8, 4) is 5.75 Å². The van der Waals surface area contributed by atoms with Crippen LogP contribution in [0, 0.1) is 0 Å². The third-order valence-electron chi connectivity index (χ3n) is 2.62. The minimum absolute atomic E-state index is 0.0819. The predicted octanol–water partition coefficient (Wildman–Crippen LogP) is 2.66. The van der Waals surface area contributed by atoms with Gasteiger partial charge in [-0.05, 0) is 39.8 Å². The maximum absolute atomic E-state index is 11.8. The maximum Gasteiger partial charge on any atom is 0.407 e. The molecule has 0 aliphatic carbocycles. The van der Waals surface area contributed by atoms with Crippen LogP contribution in [0.3, 0.4) is 0 Å². The SMILES string of the molecule is COc1ccccc1NC(=O)NOC[C@@H](C)NC(=O)OC(C)(C)C. The molecule has 0 saturated heterocycles. The van der Waals surface area contributed by atoms with E-state index in [-0.39, 0.29) is 12.6 Å². The molecule has 8 nitrogen and oxygen atoms in total. The third-order valence-corrected chi connectivity index (χ3v) is 2.62. The molecule has 0 spiro atoms. The Hall–Kier alpha value is -2.48. The number of ether oxygens (including phenoxy) is 2. The third kappa shape index (κ3) is 7.68. The van der Waals surface area contributed by atoms with Crippen molar-refractivity contribution in [3.05, 3.63) is 24.3 Å². The van der Waals surface area contributed by atoms with Gasteiger partial charge in [-0.15, -0.1) is 0 Å². The fourth-order valence-electron chi connectivity index (χ4n) is 1.68. The average Bonchev–Trinajstić information content (AvgIpc) is 2.45. The van der Waals surface area contributed by atoms with E-state index in [2.05, 4.69) is 16.1 Å². The molecule has 3 amide bonds. The molecule has 1 aromatic carbocycles. The first-order valence-corrected chi connectivity index (χ1v) is 7.52. The van der Waals surface area contributed by atoms with E-state index in [1.807, 2.05) is 0 Å². The summed E-state index contributed by atoms with van der Waals surface area (Å²) in [5, 5.41) is 5.20. The number of anilines is 1. The minimum Gasteiger partial charge on any atom is -0.495 e. The smallest absolute Gasteiger partial charge is 0.407 e. The number of rotatable bonds is 6. The summed E-state index contributed by atoms with van der Waals surface area (Å²) >= 11 is 0. The number of benzene rings is 1. The average molecular weight is 339 g/mol. The van der Waals surface area contributed by atoms with Crippen molar-refractivity contribution in [2.75, 3.05) is 19.0 Å². The highest BCUT2D eigenvalue weighted by Crippen LogP contribution is 2.22. The van der Waals surface area contributed by atoms with Crippen molar-refractivity contribution in [2.24, 2.45) is 0 Å². The van der Waals surface area contributed by atoms with Crippen molar-refractivity contribution in [1.29, 1.82) is 0 Å². The van der Waals surface area contributed by atoms with Crippen LogP contribution in [-0.4, -0.2) is 37.5 Å². The van der Waals surface area contributed by atoms with Gasteiger partial charge >= 0.3 is 12.1 Å². The quantitative estimate of drug-likeness (QED) is 0.692. The van der Waals surface area contributed by atoms with Gasteiger partial charge in [0.2, 0.25) is 0 Å². The van der Waals surface area contributed by atoms with Gasteiger partial charge in [0, 0.05) is 0 Å². The number of alkyl carbamates (subject to hydrolysis) is 1. The van der Waals surface area contributed by atoms with Crippen LogP contribution >= 0.6 is 0 Å². The van der Waals surface area contributed by atoms with Gasteiger partial charge in [0.15, 0.2) is 0 Å². The van der Waals surface area contributed by atoms with E-state index in [0.717, 1.165) is 0 Å². The number of amides is 3. The van der Waals surface area contributed by atoms with Crippen molar-refractivity contribution in [2.45, 2.75) is 39.3 Å². The number of urea groups is 1. The molecular weight excluding hydrogens is 314 g/mol. The maximum atomic E-state index is 11.8. The number of methoxy groups -OCH3 is 1. The van der Waals surface area contributed by atoms with Crippen LogP contribution in [0.25, 0.3) is 0 Å². The lowest BCUT2D eigenvalue weighted by molar-refractivity contribution is 0.0343. The van der Waals surface area contributed by atoms with Crippen LogP contribution in [0.4, 0.5) is 15.3 Å². The molecule has 0 unspecified atom stereocenters. The van der Waals surface area contributed by atoms with Gasteiger partial charge in [-0.1, -0.05) is 12.1 Å². The van der Waals surface area contributed by atoms with E-state index in [4.69, 9.17) is 14.3 Å². The summed E-state index contributed by atoms with van der Waals surface area (Å²) in [5.41, 5.74) is 2.18. The highest BCUT2D eigenvalue weighted by Gasteiger charge is 2.17. The molecule has 0 fully saturated rings. The van der Waals surface area contributed by atoms with E-state index in [9.17, 15) is 9.59 Å². The van der Waals surface area contributed by atoms with E-state index in [0.29, 0.717) is 11.4 Å². The fraction of sp³-hybridized carbons (Fsp3) is 0.500. The lowest BCUT2D eigenvalue weighted by atomic mass is 10.2. The number of hydrogen-bond donors (Lipinski definition) is 3. The second-order valence-corrected chi connectivity index (χ2v) is 6.11. The predicted molar refractivity (Wildman–Crippen MR) is 89.9 cm³/mol. The van der Waals surface area contributed by atoms with Crippen LogP contribution in [0.15, 0.2) is 24.3 Å². The molecule has 3 N–H and O–H groups in total. The van der Waals surface area contributed by atoms with Crippen molar-refractivity contribution < 1.29 is 23.9 Å². The van der Waals surface area contributed by atoms with Crippen LogP contribution in [0.5, 0.6) is 5.75 Å². The molecular formula is C16H25N3O5. The van der Waals surface area contributed by atoms with Crippen molar-refractivity contribution >= 4 is 17.8 Å². The lowest BCUT2D eigenvalue weighted by Gasteiger charge is -2.21. The largest absolute Gasteiger partial charge is 0.495 e. The summed E-state index contributed by atoms with van der Waals surface area (Å²) in [6.07, 6.45) is -0.544. The fourth-order valence-corrected chi connectivity index (χ4v) is 1.68. The first kappa shape index (κ1) is 19.6. The molecule has 0 saturated carbocycles. The Morgan fingerprint density at radius 3 is 2.50 bits per heavy atom. The van der Waals surface area contributed by atoms with Gasteiger partial charge < -0.3 is 20.1 Å². The number of hydroxylamine groups is 1. The monoisotopic (exact) mass is 339 g/mol. The first-order chi connectivity index (χ1) is 11.2. The van der Waals surface area contributed by atoms with Gasteiger partial charge in [-0.25, -0.2) is 15.1 Å². The van der Waals surface area contributed by atoms with E-state index < -0.39 is 17.7 Å². The van der Waals surface area contributed by atoms with Crippen LogP contribution in [0.1, 0.15) is 27.7 Å². The second kappa shape index (κ2) is 8.97. The van der Waals surface area contributed by atoms with Gasteiger partial charge in [0.25, 0.3) is 0 Å². The number of nitrogens with one attached hydrogen (secondary N) is 3. The normalized spacial score (nSPS) is 12.0. The molecule has 0 radical (unpaired) electrons. The number of hydrogen-bond acceptors (Lipinski definition) is 5. The standard InChI is InChI=1S/C16H25N3O5/c1-11(17-15(21)24-16(2,3)4)10-23-19-14(20)18-12-8-6-7-9-13(12)22-5/h6-9,11H,10H2,1-5H3,(H,17,21)(H2,18,19,20)/t11-/m1/s1. The van der Waals surface area contributed by atoms with Crippen molar-refractivity contribution in [1.82, 2.24) is 10.8 Å². The number of carbonyl (C=O) groups is 2. The molecule has 0 bridgehead atoms. The van der Waals surface area contributed by atoms with E-state index >= 15 is 0 Å². The van der Waals surface area contributed by atoms with Crippen LogP contribution < -0.4 is 20.9 Å². The summed E-state index contributed by atoms with van der Waals surface area (Å²) in [7, 11) is 1.51. The van der Waals surface area contributed by atoms with Gasteiger partial charge in [0.1, 0.15) is 11.4 Å². The summed E-state index contributed by atoms with van der Waals surface area (Å²) in [6.45, 7) is 7.13.